The molecule has 3 amide bonds. The van der Waals surface area contributed by atoms with E-state index in [1.54, 1.807) is 12.1 Å². The molecule has 2 aliphatic heterocycles. The Balaban J connectivity index is 1.56. The molecule has 0 aliphatic carbocycles. The number of carboxylic acid groups (broad SMARTS) is 2. The van der Waals surface area contributed by atoms with Crippen molar-refractivity contribution in [2.75, 3.05) is 18.4 Å². The molecule has 2 aliphatic rings. The maximum atomic E-state index is 12.3. The first kappa shape index (κ1) is 24.9. The van der Waals surface area contributed by atoms with Crippen LogP contribution in [-0.4, -0.2) is 88.9 Å². The number of hydrogen-bond donors (Lipinski definition) is 8. The van der Waals surface area contributed by atoms with E-state index in [0.29, 0.717) is 25.2 Å². The minimum absolute atomic E-state index is 0.199. The molecule has 0 saturated carbocycles. The zero-order valence-electron chi connectivity index (χ0n) is 18.1. The van der Waals surface area contributed by atoms with Crippen molar-refractivity contribution in [1.82, 2.24) is 26.2 Å². The lowest BCUT2D eigenvalue weighted by Crippen LogP contribution is -2.79. The fourth-order valence-corrected chi connectivity index (χ4v) is 3.86. The molecule has 2 saturated heterocycles. The molecule has 9 N–H and O–H groups in total. The summed E-state index contributed by atoms with van der Waals surface area (Å²) >= 11 is 0. The van der Waals surface area contributed by atoms with Crippen LogP contribution in [0, 0.1) is 0 Å². The topological polar surface area (TPSA) is 215 Å². The first-order valence-corrected chi connectivity index (χ1v) is 10.6. The van der Waals surface area contributed by atoms with Crippen LogP contribution in [0.3, 0.4) is 0 Å². The SMILES string of the molecule is NC1NC(=O)C2C(NCC(CNc3ccc(C(=O)NC(CCC(=O)O)C(=O)O)cc3)N2C=O)N1. The molecule has 1 aromatic rings. The van der Waals surface area contributed by atoms with Crippen molar-refractivity contribution < 1.29 is 34.2 Å². The Morgan fingerprint density at radius 3 is 2.56 bits per heavy atom. The lowest BCUT2D eigenvalue weighted by molar-refractivity contribution is -0.142. The van der Waals surface area contributed by atoms with E-state index in [-0.39, 0.29) is 30.4 Å². The number of piperazine rings is 1. The Morgan fingerprint density at radius 1 is 1.24 bits per heavy atom. The van der Waals surface area contributed by atoms with Crippen LogP contribution in [0.2, 0.25) is 0 Å². The summed E-state index contributed by atoms with van der Waals surface area (Å²) in [5.74, 6) is -3.48. The molecular weight excluding hydrogens is 450 g/mol. The zero-order valence-corrected chi connectivity index (χ0v) is 18.1. The fourth-order valence-electron chi connectivity index (χ4n) is 3.86. The van der Waals surface area contributed by atoms with Gasteiger partial charge in [0.15, 0.2) is 0 Å². The first-order chi connectivity index (χ1) is 16.2. The lowest BCUT2D eigenvalue weighted by Gasteiger charge is -2.47. The summed E-state index contributed by atoms with van der Waals surface area (Å²) in [6.07, 6.45) is -1.17. The van der Waals surface area contributed by atoms with Gasteiger partial charge in [0.1, 0.15) is 18.4 Å². The van der Waals surface area contributed by atoms with E-state index in [1.165, 1.54) is 17.0 Å². The molecule has 5 atom stereocenters. The normalized spacial score (nSPS) is 24.9. The number of fused-ring (bicyclic) bond motifs is 1. The molecule has 0 spiro atoms. The van der Waals surface area contributed by atoms with E-state index < -0.39 is 42.4 Å². The van der Waals surface area contributed by atoms with Gasteiger partial charge in [0.2, 0.25) is 12.3 Å². The second-order valence-electron chi connectivity index (χ2n) is 7.95. The van der Waals surface area contributed by atoms with Crippen LogP contribution in [0.25, 0.3) is 0 Å². The van der Waals surface area contributed by atoms with E-state index in [4.69, 9.17) is 10.8 Å². The average molecular weight is 477 g/mol. The Bertz CT molecular complexity index is 942. The molecule has 2 fully saturated rings. The number of anilines is 1. The van der Waals surface area contributed by atoms with Crippen molar-refractivity contribution in [3.05, 3.63) is 29.8 Å². The standard InChI is InChI=1S/C20H27N7O7/c21-20-25-16-15(18(32)26-20)27(9-28)12(8-23-16)7-22-11-3-1-10(2-4-11)17(31)24-13(19(33)34)5-6-14(29)30/h1-4,9,12-13,15-16,20,22-23,25H,5-8,21H2,(H,24,31)(H,26,32)(H,29,30)(H,33,34). The number of nitrogens with zero attached hydrogens (tertiary/aromatic N) is 1. The summed E-state index contributed by atoms with van der Waals surface area (Å²) < 4.78 is 0. The van der Waals surface area contributed by atoms with Crippen LogP contribution < -0.4 is 32.3 Å². The van der Waals surface area contributed by atoms with Crippen LogP contribution >= 0.6 is 0 Å². The van der Waals surface area contributed by atoms with Gasteiger partial charge in [0.05, 0.1) is 12.2 Å². The monoisotopic (exact) mass is 477 g/mol. The van der Waals surface area contributed by atoms with Gasteiger partial charge in [-0.3, -0.25) is 35.5 Å². The highest BCUT2D eigenvalue weighted by atomic mass is 16.4. The number of carbonyl (C=O) groups is 5. The van der Waals surface area contributed by atoms with Crippen molar-refractivity contribution in [2.24, 2.45) is 5.73 Å². The number of hydrogen-bond acceptors (Lipinski definition) is 9. The molecule has 5 unspecified atom stereocenters. The maximum absolute atomic E-state index is 12.3. The van der Waals surface area contributed by atoms with Gasteiger partial charge >= 0.3 is 11.9 Å². The predicted octanol–water partition coefficient (Wildman–Crippen LogP) is -2.77. The van der Waals surface area contributed by atoms with Crippen molar-refractivity contribution in [1.29, 1.82) is 0 Å². The van der Waals surface area contributed by atoms with E-state index in [1.807, 2.05) is 0 Å². The van der Waals surface area contributed by atoms with Gasteiger partial charge in [-0.2, -0.15) is 0 Å². The predicted molar refractivity (Wildman–Crippen MR) is 117 cm³/mol. The number of aliphatic carboxylic acids is 2. The highest BCUT2D eigenvalue weighted by Gasteiger charge is 2.44. The third kappa shape index (κ3) is 5.98. The summed E-state index contributed by atoms with van der Waals surface area (Å²) in [5, 5.41) is 32.0. The lowest BCUT2D eigenvalue weighted by atomic mass is 10.0. The summed E-state index contributed by atoms with van der Waals surface area (Å²) in [4.78, 5) is 59.7. The quantitative estimate of drug-likeness (QED) is 0.161. The van der Waals surface area contributed by atoms with Gasteiger partial charge < -0.3 is 31.1 Å². The Kier molecular flexibility index (Phi) is 7.99. The number of carboxylic acids is 2. The Labute approximate surface area is 194 Å². The molecule has 184 valence electrons. The third-order valence-electron chi connectivity index (χ3n) is 5.62. The van der Waals surface area contributed by atoms with Gasteiger partial charge in [0, 0.05) is 30.8 Å². The van der Waals surface area contributed by atoms with E-state index >= 15 is 0 Å². The second kappa shape index (κ2) is 10.9. The van der Waals surface area contributed by atoms with E-state index in [0.717, 1.165) is 0 Å². The van der Waals surface area contributed by atoms with Crippen molar-refractivity contribution in [2.45, 2.75) is 43.4 Å². The molecule has 2 heterocycles. The molecular formula is C20H27N7O7. The summed E-state index contributed by atoms with van der Waals surface area (Å²) in [5.41, 5.74) is 6.54. The molecule has 14 heteroatoms. The first-order valence-electron chi connectivity index (χ1n) is 10.6. The third-order valence-corrected chi connectivity index (χ3v) is 5.62. The van der Waals surface area contributed by atoms with E-state index in [9.17, 15) is 29.1 Å². The molecule has 1 aromatic carbocycles. The van der Waals surface area contributed by atoms with Gasteiger partial charge in [-0.05, 0) is 30.7 Å². The molecule has 14 nitrogen and oxygen atoms in total. The highest BCUT2D eigenvalue weighted by Crippen LogP contribution is 2.17. The smallest absolute Gasteiger partial charge is 0.326 e. The number of benzene rings is 1. The average Bonchev–Trinajstić information content (AvgIpc) is 2.79. The van der Waals surface area contributed by atoms with Gasteiger partial charge in [0.25, 0.3) is 5.91 Å². The molecule has 3 rings (SSSR count). The number of nitrogens with two attached hydrogens (primary N) is 1. The summed E-state index contributed by atoms with van der Waals surface area (Å²) in [7, 11) is 0. The van der Waals surface area contributed by atoms with Crippen molar-refractivity contribution in [3.63, 3.8) is 0 Å². The van der Waals surface area contributed by atoms with Crippen LogP contribution in [-0.2, 0) is 19.2 Å². The molecule has 0 bridgehead atoms. The minimum atomic E-state index is -1.32. The number of nitrogens with one attached hydrogen (secondary N) is 5. The largest absolute Gasteiger partial charge is 0.481 e. The van der Waals surface area contributed by atoms with Gasteiger partial charge in [-0.1, -0.05) is 0 Å². The fraction of sp³-hybridized carbons (Fsp3) is 0.450. The summed E-state index contributed by atoms with van der Waals surface area (Å²) in [6, 6.07) is 3.78. The van der Waals surface area contributed by atoms with E-state index in [2.05, 4.69) is 26.6 Å². The van der Waals surface area contributed by atoms with Crippen LogP contribution in [0.15, 0.2) is 24.3 Å². The highest BCUT2D eigenvalue weighted by molar-refractivity contribution is 5.97. The zero-order chi connectivity index (χ0) is 24.8. The van der Waals surface area contributed by atoms with Crippen LogP contribution in [0.1, 0.15) is 23.2 Å². The number of rotatable bonds is 10. The molecule has 0 aromatic heterocycles. The van der Waals surface area contributed by atoms with Gasteiger partial charge in [-0.25, -0.2) is 4.79 Å². The van der Waals surface area contributed by atoms with Crippen LogP contribution in [0.5, 0.6) is 0 Å². The number of carbonyl (C=O) groups excluding carboxylic acids is 3. The molecule has 34 heavy (non-hydrogen) atoms. The number of amides is 3. The van der Waals surface area contributed by atoms with Crippen molar-refractivity contribution in [3.8, 4) is 0 Å². The van der Waals surface area contributed by atoms with Crippen LogP contribution in [0.4, 0.5) is 5.69 Å². The van der Waals surface area contributed by atoms with Crippen molar-refractivity contribution >= 4 is 35.9 Å². The minimum Gasteiger partial charge on any atom is -0.481 e. The summed E-state index contributed by atoms with van der Waals surface area (Å²) in [6.45, 7) is 0.726. The maximum Gasteiger partial charge on any atom is 0.326 e. The second-order valence-corrected chi connectivity index (χ2v) is 7.95. The Morgan fingerprint density at radius 2 is 1.94 bits per heavy atom. The van der Waals surface area contributed by atoms with Gasteiger partial charge in [-0.15, -0.1) is 0 Å². The molecule has 0 radical (unpaired) electrons. The Hall–Kier alpha value is -3.75.